The molecule has 0 amide bonds. The van der Waals surface area contributed by atoms with Gasteiger partial charge < -0.3 is 4.18 Å². The quantitative estimate of drug-likeness (QED) is 0.665. The van der Waals surface area contributed by atoms with Crippen molar-refractivity contribution in [2.75, 3.05) is 0 Å². The van der Waals surface area contributed by atoms with Crippen LogP contribution in [-0.4, -0.2) is 30.2 Å². The largest absolute Gasteiger partial charge is 0.446 e. The maximum Gasteiger partial charge on any atom is 0.446 e. The first-order chi connectivity index (χ1) is 10.0. The minimum absolute atomic E-state index is 0.0111. The molecular formula is C13H12ClNO6S. The van der Waals surface area contributed by atoms with Gasteiger partial charge >= 0.3 is 10.4 Å². The van der Waals surface area contributed by atoms with Crippen molar-refractivity contribution in [2.24, 2.45) is 10.9 Å². The molecule has 1 aliphatic heterocycles. The number of benzene rings is 1. The average Bonchev–Trinajstić information content (AvgIpc) is 2.32. The van der Waals surface area contributed by atoms with E-state index in [0.717, 1.165) is 6.07 Å². The lowest BCUT2D eigenvalue weighted by atomic mass is 9.85. The zero-order chi connectivity index (χ0) is 16.8. The first-order valence-corrected chi connectivity index (χ1v) is 7.87. The lowest BCUT2D eigenvalue weighted by Gasteiger charge is -2.23. The Hall–Kier alpha value is -1.77. The van der Waals surface area contributed by atoms with Gasteiger partial charge in [-0.15, -0.1) is 0 Å². The molecule has 118 valence electrons. The Morgan fingerprint density at radius 2 is 2.00 bits per heavy atom. The second kappa shape index (κ2) is 5.45. The van der Waals surface area contributed by atoms with Gasteiger partial charge in [0.25, 0.3) is 0 Å². The van der Waals surface area contributed by atoms with E-state index in [-0.39, 0.29) is 33.4 Å². The van der Waals surface area contributed by atoms with E-state index in [1.54, 1.807) is 6.92 Å². The number of rotatable bonds is 3. The maximum atomic E-state index is 12.5. The van der Waals surface area contributed by atoms with Crippen LogP contribution in [0, 0.1) is 12.8 Å². The number of fused-ring (bicyclic) bond motifs is 1. The van der Waals surface area contributed by atoms with Crippen LogP contribution in [0.3, 0.4) is 0 Å². The van der Waals surface area contributed by atoms with Gasteiger partial charge in [-0.25, -0.2) is 0 Å². The first-order valence-electron chi connectivity index (χ1n) is 6.12. The van der Waals surface area contributed by atoms with Gasteiger partial charge in [0.1, 0.15) is 17.5 Å². The Balaban J connectivity index is 2.73. The highest BCUT2D eigenvalue weighted by molar-refractivity contribution is 7.81. The molecule has 1 heterocycles. The number of hydrogen-bond donors (Lipinski definition) is 1. The Kier molecular flexibility index (Phi) is 4.12. The molecule has 9 heteroatoms. The van der Waals surface area contributed by atoms with Crippen molar-refractivity contribution in [2.45, 2.75) is 20.8 Å². The summed E-state index contributed by atoms with van der Waals surface area (Å²) in [6, 6.07) is 1.14. The fourth-order valence-corrected chi connectivity index (χ4v) is 3.01. The molecule has 0 saturated heterocycles. The molecule has 0 spiro atoms. The highest BCUT2D eigenvalue weighted by atomic mass is 35.5. The zero-order valence-electron chi connectivity index (χ0n) is 11.9. The standard InChI is InChI=1S/C13H12ClNO6S/c1-5-9(21-22(18,19)20)4-8(14)12-10(5)13(17)11(7(3)16)6(2)15-12/h4,11H,1-3H3,(H,18,19,20). The Morgan fingerprint density at radius 1 is 1.41 bits per heavy atom. The smallest absolute Gasteiger partial charge is 0.361 e. The number of carbonyl (C=O) groups is 2. The molecule has 0 aliphatic carbocycles. The fraction of sp³-hybridized carbons (Fsp3) is 0.308. The van der Waals surface area contributed by atoms with E-state index in [0.29, 0.717) is 5.71 Å². The van der Waals surface area contributed by atoms with Crippen molar-refractivity contribution in [3.05, 3.63) is 22.2 Å². The van der Waals surface area contributed by atoms with Crippen LogP contribution in [0.15, 0.2) is 11.1 Å². The second-order valence-electron chi connectivity index (χ2n) is 4.88. The fourth-order valence-electron chi connectivity index (χ4n) is 2.38. The van der Waals surface area contributed by atoms with Gasteiger partial charge in [0.05, 0.1) is 16.3 Å². The van der Waals surface area contributed by atoms with Crippen LogP contribution in [0.2, 0.25) is 5.02 Å². The Morgan fingerprint density at radius 3 is 2.50 bits per heavy atom. The Labute approximate surface area is 131 Å². The molecule has 1 aliphatic rings. The third-order valence-electron chi connectivity index (χ3n) is 3.28. The van der Waals surface area contributed by atoms with Crippen LogP contribution in [0.4, 0.5) is 5.69 Å². The molecule has 1 atom stereocenters. The van der Waals surface area contributed by atoms with Crippen LogP contribution in [0.5, 0.6) is 5.75 Å². The number of Topliss-reactive ketones (excluding diaryl/α,β-unsaturated/α-hetero) is 2. The van der Waals surface area contributed by atoms with E-state index in [9.17, 15) is 18.0 Å². The average molecular weight is 346 g/mol. The first kappa shape index (κ1) is 16.6. The highest BCUT2D eigenvalue weighted by Gasteiger charge is 2.36. The summed E-state index contributed by atoms with van der Waals surface area (Å²) in [5.41, 5.74) is 0.609. The summed E-state index contributed by atoms with van der Waals surface area (Å²) < 4.78 is 34.9. The topological polar surface area (TPSA) is 110 Å². The van der Waals surface area contributed by atoms with Crippen molar-refractivity contribution < 1.29 is 26.7 Å². The van der Waals surface area contributed by atoms with E-state index in [1.807, 2.05) is 0 Å². The van der Waals surface area contributed by atoms with E-state index in [4.69, 9.17) is 16.2 Å². The highest BCUT2D eigenvalue weighted by Crippen LogP contribution is 2.42. The SMILES string of the molecule is CC(=O)C1C(=O)c2c(C)c(OS(=O)(=O)O)cc(Cl)c2N=C1C. The van der Waals surface area contributed by atoms with Gasteiger partial charge in [-0.3, -0.25) is 19.1 Å². The van der Waals surface area contributed by atoms with E-state index in [1.165, 1.54) is 13.8 Å². The lowest BCUT2D eigenvalue weighted by Crippen LogP contribution is -2.32. The number of ketones is 2. The molecule has 1 aromatic carbocycles. The molecule has 0 fully saturated rings. The summed E-state index contributed by atoms with van der Waals surface area (Å²) in [5.74, 6) is -2.25. The van der Waals surface area contributed by atoms with E-state index < -0.39 is 22.1 Å². The summed E-state index contributed by atoms with van der Waals surface area (Å²) in [6.07, 6.45) is 0. The molecule has 0 bridgehead atoms. The third kappa shape index (κ3) is 2.90. The monoisotopic (exact) mass is 345 g/mol. The number of carbonyl (C=O) groups excluding carboxylic acids is 2. The second-order valence-corrected chi connectivity index (χ2v) is 6.31. The zero-order valence-corrected chi connectivity index (χ0v) is 13.4. The van der Waals surface area contributed by atoms with Crippen LogP contribution in [-0.2, 0) is 15.2 Å². The van der Waals surface area contributed by atoms with Crippen molar-refractivity contribution in [1.29, 1.82) is 0 Å². The molecule has 1 unspecified atom stereocenters. The van der Waals surface area contributed by atoms with Gasteiger partial charge in [-0.1, -0.05) is 11.6 Å². The molecule has 0 saturated carbocycles. The molecule has 1 N–H and O–H groups in total. The predicted octanol–water partition coefficient (Wildman–Crippen LogP) is 2.32. The molecule has 2 rings (SSSR count). The van der Waals surface area contributed by atoms with Crippen molar-refractivity contribution in [1.82, 2.24) is 0 Å². The maximum absolute atomic E-state index is 12.5. The summed E-state index contributed by atoms with van der Waals surface area (Å²) in [7, 11) is -4.77. The third-order valence-corrected chi connectivity index (χ3v) is 3.96. The van der Waals surface area contributed by atoms with Crippen LogP contribution >= 0.6 is 11.6 Å². The van der Waals surface area contributed by atoms with E-state index in [2.05, 4.69) is 9.18 Å². The van der Waals surface area contributed by atoms with Crippen LogP contribution in [0.1, 0.15) is 29.8 Å². The molecule has 0 aromatic heterocycles. The van der Waals surface area contributed by atoms with Crippen LogP contribution in [0.25, 0.3) is 0 Å². The summed E-state index contributed by atoms with van der Waals surface area (Å²) in [6.45, 7) is 4.23. The molecule has 1 aromatic rings. The number of halogens is 1. The van der Waals surface area contributed by atoms with Gasteiger partial charge in [0.15, 0.2) is 5.78 Å². The van der Waals surface area contributed by atoms with Crippen molar-refractivity contribution in [3.8, 4) is 5.75 Å². The molecular weight excluding hydrogens is 334 g/mol. The van der Waals surface area contributed by atoms with Crippen molar-refractivity contribution in [3.63, 3.8) is 0 Å². The summed E-state index contributed by atoms with van der Waals surface area (Å²) in [5, 5.41) is -0.0195. The van der Waals surface area contributed by atoms with Gasteiger partial charge in [0, 0.05) is 17.3 Å². The lowest BCUT2D eigenvalue weighted by molar-refractivity contribution is -0.117. The number of nitrogens with zero attached hydrogens (tertiary/aromatic N) is 1. The summed E-state index contributed by atoms with van der Waals surface area (Å²) in [4.78, 5) is 28.3. The predicted molar refractivity (Wildman–Crippen MR) is 79.6 cm³/mol. The minimum Gasteiger partial charge on any atom is -0.361 e. The van der Waals surface area contributed by atoms with Gasteiger partial charge in [-0.2, -0.15) is 8.42 Å². The number of aliphatic imine (C=N–C) groups is 1. The van der Waals surface area contributed by atoms with Gasteiger partial charge in [-0.05, 0) is 20.8 Å². The number of hydrogen-bond acceptors (Lipinski definition) is 6. The normalized spacial score (nSPS) is 17.8. The van der Waals surface area contributed by atoms with Crippen molar-refractivity contribution >= 4 is 45.0 Å². The minimum atomic E-state index is -4.77. The van der Waals surface area contributed by atoms with Crippen LogP contribution < -0.4 is 4.18 Å². The molecule has 22 heavy (non-hydrogen) atoms. The van der Waals surface area contributed by atoms with Gasteiger partial charge in [0.2, 0.25) is 0 Å². The molecule has 7 nitrogen and oxygen atoms in total. The van der Waals surface area contributed by atoms with E-state index >= 15 is 0 Å². The Bertz CT molecular complexity index is 827. The summed E-state index contributed by atoms with van der Waals surface area (Å²) >= 11 is 6.01. The molecule has 0 radical (unpaired) electrons.